The minimum Gasteiger partial charge on any atom is -0.384 e. The lowest BCUT2D eigenvalue weighted by Crippen LogP contribution is -2.05. The minimum absolute atomic E-state index is 0.0573. The summed E-state index contributed by atoms with van der Waals surface area (Å²) in [7, 11) is 0. The maximum Gasteiger partial charge on any atom is 0.132 e. The van der Waals surface area contributed by atoms with Gasteiger partial charge in [0.25, 0.3) is 0 Å². The van der Waals surface area contributed by atoms with Crippen LogP contribution in [0.15, 0.2) is 39.3 Å². The predicted molar refractivity (Wildman–Crippen MR) is 77.0 cm³/mol. The van der Waals surface area contributed by atoms with Crippen molar-refractivity contribution in [3.8, 4) is 0 Å². The van der Waals surface area contributed by atoms with Crippen LogP contribution >= 0.6 is 31.9 Å². The summed E-state index contributed by atoms with van der Waals surface area (Å²) in [5.41, 5.74) is 0.874. The quantitative estimate of drug-likeness (QED) is 0.773. The average Bonchev–Trinajstić information content (AvgIpc) is 2.33. The first-order valence-corrected chi connectivity index (χ1v) is 7.07. The van der Waals surface area contributed by atoms with Crippen LogP contribution in [0.1, 0.15) is 22.8 Å². The van der Waals surface area contributed by atoms with E-state index in [-0.39, 0.29) is 5.56 Å². The van der Waals surface area contributed by atoms with Gasteiger partial charge in [0.05, 0.1) is 0 Å². The van der Waals surface area contributed by atoms with Crippen LogP contribution in [-0.2, 0) is 0 Å². The Balaban J connectivity index is 2.49. The molecule has 0 aliphatic rings. The van der Waals surface area contributed by atoms with Gasteiger partial charge in [-0.2, -0.15) is 0 Å². The highest BCUT2D eigenvalue weighted by Gasteiger charge is 2.19. The van der Waals surface area contributed by atoms with E-state index in [0.29, 0.717) is 15.6 Å². The number of hydrogen-bond donors (Lipinski definition) is 1. The van der Waals surface area contributed by atoms with Crippen molar-refractivity contribution < 1.29 is 13.9 Å². The molecule has 0 aliphatic carbocycles. The van der Waals surface area contributed by atoms with E-state index in [9.17, 15) is 13.9 Å². The maximum atomic E-state index is 13.8. The molecule has 1 atom stereocenters. The van der Waals surface area contributed by atoms with Gasteiger partial charge in [-0.3, -0.25) is 0 Å². The number of rotatable bonds is 2. The van der Waals surface area contributed by atoms with Gasteiger partial charge in [-0.1, -0.05) is 37.9 Å². The molecule has 0 spiro atoms. The summed E-state index contributed by atoms with van der Waals surface area (Å²) in [4.78, 5) is 0. The van der Waals surface area contributed by atoms with Crippen molar-refractivity contribution in [1.29, 1.82) is 0 Å². The summed E-state index contributed by atoms with van der Waals surface area (Å²) >= 11 is 6.62. The van der Waals surface area contributed by atoms with E-state index in [2.05, 4.69) is 31.9 Å². The Morgan fingerprint density at radius 1 is 1.00 bits per heavy atom. The van der Waals surface area contributed by atoms with Crippen LogP contribution in [0.4, 0.5) is 8.78 Å². The molecule has 1 unspecified atom stereocenters. The Morgan fingerprint density at radius 3 is 2.32 bits per heavy atom. The molecule has 1 nitrogen and oxygen atoms in total. The van der Waals surface area contributed by atoms with Crippen molar-refractivity contribution in [2.75, 3.05) is 0 Å². The molecule has 1 N–H and O–H groups in total. The van der Waals surface area contributed by atoms with Gasteiger partial charge in [0.1, 0.15) is 17.7 Å². The van der Waals surface area contributed by atoms with E-state index < -0.39 is 17.7 Å². The van der Waals surface area contributed by atoms with E-state index in [4.69, 9.17) is 0 Å². The SMILES string of the molecule is Cc1cc(C(O)c2ccc(Br)cc2Br)c(F)cc1F. The topological polar surface area (TPSA) is 20.2 Å². The Kier molecular flexibility index (Phi) is 4.38. The highest BCUT2D eigenvalue weighted by Crippen LogP contribution is 2.32. The zero-order valence-corrected chi connectivity index (χ0v) is 13.1. The predicted octanol–water partition coefficient (Wildman–Crippen LogP) is 4.88. The van der Waals surface area contributed by atoms with Crippen LogP contribution in [0, 0.1) is 18.6 Å². The molecule has 0 bridgehead atoms. The minimum atomic E-state index is -1.15. The summed E-state index contributed by atoms with van der Waals surface area (Å²) in [6, 6.07) is 7.30. The zero-order chi connectivity index (χ0) is 14.2. The Bertz CT molecular complexity index is 629. The molecule has 0 heterocycles. The van der Waals surface area contributed by atoms with Gasteiger partial charge in [0, 0.05) is 20.6 Å². The van der Waals surface area contributed by atoms with E-state index in [0.717, 1.165) is 10.5 Å². The first-order chi connectivity index (χ1) is 8.90. The fourth-order valence-electron chi connectivity index (χ4n) is 1.78. The summed E-state index contributed by atoms with van der Waals surface area (Å²) in [5.74, 6) is -1.38. The molecule has 5 heteroatoms. The molecule has 0 aromatic heterocycles. The van der Waals surface area contributed by atoms with Crippen molar-refractivity contribution in [2.24, 2.45) is 0 Å². The fraction of sp³-hybridized carbons (Fsp3) is 0.143. The standard InChI is InChI=1S/C14H10Br2F2O/c1-7-4-10(13(18)6-12(7)17)14(19)9-3-2-8(15)5-11(9)16/h2-6,14,19H,1H3. The Labute approximate surface area is 126 Å². The largest absolute Gasteiger partial charge is 0.384 e. The molecule has 0 fully saturated rings. The third kappa shape index (κ3) is 3.04. The monoisotopic (exact) mass is 390 g/mol. The molecule has 100 valence electrons. The highest BCUT2D eigenvalue weighted by molar-refractivity contribution is 9.11. The average molecular weight is 392 g/mol. The molecule has 0 saturated carbocycles. The lowest BCUT2D eigenvalue weighted by atomic mass is 9.99. The lowest BCUT2D eigenvalue weighted by molar-refractivity contribution is 0.214. The van der Waals surface area contributed by atoms with Gasteiger partial charge in [-0.15, -0.1) is 0 Å². The molecular formula is C14H10Br2F2O. The van der Waals surface area contributed by atoms with Gasteiger partial charge in [-0.25, -0.2) is 8.78 Å². The van der Waals surface area contributed by atoms with Gasteiger partial charge in [0.2, 0.25) is 0 Å². The maximum absolute atomic E-state index is 13.8. The molecule has 0 aliphatic heterocycles. The number of halogens is 4. The first-order valence-electron chi connectivity index (χ1n) is 5.48. The van der Waals surface area contributed by atoms with E-state index in [1.54, 1.807) is 18.2 Å². The summed E-state index contributed by atoms with van der Waals surface area (Å²) in [6.45, 7) is 1.53. The van der Waals surface area contributed by atoms with E-state index in [1.807, 2.05) is 0 Å². The third-order valence-electron chi connectivity index (χ3n) is 2.83. The lowest BCUT2D eigenvalue weighted by Gasteiger charge is -2.15. The molecule has 19 heavy (non-hydrogen) atoms. The first kappa shape index (κ1) is 14.6. The Hall–Kier alpha value is -0.780. The van der Waals surface area contributed by atoms with Crippen molar-refractivity contribution in [3.05, 3.63) is 67.6 Å². The van der Waals surface area contributed by atoms with Crippen LogP contribution in [-0.4, -0.2) is 5.11 Å². The summed E-state index contributed by atoms with van der Waals surface area (Å²) in [6.07, 6.45) is -1.15. The zero-order valence-electron chi connectivity index (χ0n) is 9.92. The summed E-state index contributed by atoms with van der Waals surface area (Å²) in [5, 5.41) is 10.3. The number of aliphatic hydroxyl groups excluding tert-OH is 1. The third-order valence-corrected chi connectivity index (χ3v) is 4.01. The molecule has 2 rings (SSSR count). The number of hydrogen-bond acceptors (Lipinski definition) is 1. The molecule has 0 radical (unpaired) electrons. The van der Waals surface area contributed by atoms with Crippen LogP contribution in [0.3, 0.4) is 0 Å². The molecule has 2 aromatic carbocycles. The van der Waals surface area contributed by atoms with Crippen LogP contribution < -0.4 is 0 Å². The normalized spacial score (nSPS) is 12.5. The molecule has 0 saturated heterocycles. The molecule has 0 amide bonds. The van der Waals surface area contributed by atoms with E-state index in [1.165, 1.54) is 13.0 Å². The second kappa shape index (κ2) is 5.69. The van der Waals surface area contributed by atoms with E-state index >= 15 is 0 Å². The fourth-order valence-corrected chi connectivity index (χ4v) is 3.04. The summed E-state index contributed by atoms with van der Waals surface area (Å²) < 4.78 is 28.5. The smallest absolute Gasteiger partial charge is 0.132 e. The van der Waals surface area contributed by atoms with Gasteiger partial charge >= 0.3 is 0 Å². The van der Waals surface area contributed by atoms with Crippen molar-refractivity contribution >= 4 is 31.9 Å². The molecule has 2 aromatic rings. The van der Waals surface area contributed by atoms with Crippen molar-refractivity contribution in [3.63, 3.8) is 0 Å². The number of aryl methyl sites for hydroxylation is 1. The van der Waals surface area contributed by atoms with Crippen LogP contribution in [0.25, 0.3) is 0 Å². The van der Waals surface area contributed by atoms with Gasteiger partial charge in [0.15, 0.2) is 0 Å². The highest BCUT2D eigenvalue weighted by atomic mass is 79.9. The molecular weight excluding hydrogens is 382 g/mol. The number of aliphatic hydroxyl groups is 1. The van der Waals surface area contributed by atoms with Crippen molar-refractivity contribution in [1.82, 2.24) is 0 Å². The van der Waals surface area contributed by atoms with Gasteiger partial charge < -0.3 is 5.11 Å². The van der Waals surface area contributed by atoms with Crippen LogP contribution in [0.2, 0.25) is 0 Å². The van der Waals surface area contributed by atoms with Crippen LogP contribution in [0.5, 0.6) is 0 Å². The van der Waals surface area contributed by atoms with Gasteiger partial charge in [-0.05, 0) is 36.2 Å². The van der Waals surface area contributed by atoms with Crippen molar-refractivity contribution in [2.45, 2.75) is 13.0 Å². The number of benzene rings is 2. The second-order valence-electron chi connectivity index (χ2n) is 4.19. The Morgan fingerprint density at radius 2 is 1.68 bits per heavy atom. The second-order valence-corrected chi connectivity index (χ2v) is 5.96.